The number of carbonyl (C=O) groups excluding carboxylic acids is 1. The zero-order valence-electron chi connectivity index (χ0n) is 18.8. The van der Waals surface area contributed by atoms with Crippen molar-refractivity contribution in [2.75, 3.05) is 26.2 Å². The van der Waals surface area contributed by atoms with E-state index in [2.05, 4.69) is 17.9 Å². The van der Waals surface area contributed by atoms with E-state index in [9.17, 15) is 4.79 Å². The van der Waals surface area contributed by atoms with Crippen LogP contribution in [-0.2, 0) is 20.9 Å². The standard InChI is InChI=1S/C25H32ClNO4/c1-18-15-20(30-17-19-7-5-6-8-22(19)26)9-10-21(18)23-16-27(13-14-29-23)12-11-24(28)31-25(2,3)4/h5-10,15,23H,11-14,16-17H2,1-4H3. The molecule has 1 heterocycles. The maximum absolute atomic E-state index is 12.0. The number of halogens is 1. The number of rotatable bonds is 7. The van der Waals surface area contributed by atoms with E-state index in [0.29, 0.717) is 31.2 Å². The molecule has 0 amide bonds. The van der Waals surface area contributed by atoms with Crippen molar-refractivity contribution in [3.63, 3.8) is 0 Å². The van der Waals surface area contributed by atoms with Crippen LogP contribution in [0.5, 0.6) is 5.75 Å². The maximum atomic E-state index is 12.0. The van der Waals surface area contributed by atoms with Crippen LogP contribution in [0.2, 0.25) is 5.02 Å². The van der Waals surface area contributed by atoms with Gasteiger partial charge in [0.25, 0.3) is 0 Å². The lowest BCUT2D eigenvalue weighted by molar-refractivity contribution is -0.155. The van der Waals surface area contributed by atoms with Gasteiger partial charge in [-0.15, -0.1) is 0 Å². The molecular weight excluding hydrogens is 414 g/mol. The van der Waals surface area contributed by atoms with Crippen molar-refractivity contribution >= 4 is 17.6 Å². The van der Waals surface area contributed by atoms with Gasteiger partial charge in [0, 0.05) is 30.2 Å². The van der Waals surface area contributed by atoms with Gasteiger partial charge in [0.15, 0.2) is 0 Å². The van der Waals surface area contributed by atoms with E-state index in [4.69, 9.17) is 25.8 Å². The smallest absolute Gasteiger partial charge is 0.307 e. The number of hydrogen-bond donors (Lipinski definition) is 0. The van der Waals surface area contributed by atoms with Crippen LogP contribution in [-0.4, -0.2) is 42.7 Å². The number of hydrogen-bond acceptors (Lipinski definition) is 5. The number of aryl methyl sites for hydroxylation is 1. The molecule has 31 heavy (non-hydrogen) atoms. The van der Waals surface area contributed by atoms with Crippen molar-refractivity contribution in [2.24, 2.45) is 0 Å². The van der Waals surface area contributed by atoms with Crippen molar-refractivity contribution in [1.29, 1.82) is 0 Å². The highest BCUT2D eigenvalue weighted by molar-refractivity contribution is 6.31. The minimum absolute atomic E-state index is 0.0231. The molecule has 1 fully saturated rings. The Balaban J connectivity index is 1.55. The molecule has 0 saturated carbocycles. The molecule has 0 aliphatic carbocycles. The van der Waals surface area contributed by atoms with Crippen LogP contribution < -0.4 is 4.74 Å². The van der Waals surface area contributed by atoms with Crippen LogP contribution in [0.1, 0.15) is 50.0 Å². The van der Waals surface area contributed by atoms with E-state index in [1.165, 1.54) is 0 Å². The van der Waals surface area contributed by atoms with Crippen LogP contribution in [0.25, 0.3) is 0 Å². The zero-order valence-corrected chi connectivity index (χ0v) is 19.6. The highest BCUT2D eigenvalue weighted by atomic mass is 35.5. The molecule has 0 radical (unpaired) electrons. The molecule has 0 spiro atoms. The minimum atomic E-state index is -0.447. The Hall–Kier alpha value is -2.08. The molecule has 1 saturated heterocycles. The minimum Gasteiger partial charge on any atom is -0.489 e. The second kappa shape index (κ2) is 10.5. The number of carbonyl (C=O) groups is 1. The van der Waals surface area contributed by atoms with Crippen LogP contribution in [0, 0.1) is 6.92 Å². The second-order valence-electron chi connectivity index (χ2n) is 8.89. The maximum Gasteiger partial charge on any atom is 0.307 e. The Labute approximate surface area is 190 Å². The van der Waals surface area contributed by atoms with Crippen LogP contribution in [0.4, 0.5) is 0 Å². The first-order chi connectivity index (χ1) is 14.7. The first kappa shape index (κ1) is 23.6. The molecule has 2 aromatic carbocycles. The van der Waals surface area contributed by atoms with Gasteiger partial charge in [-0.25, -0.2) is 0 Å². The molecule has 0 N–H and O–H groups in total. The highest BCUT2D eigenvalue weighted by Gasteiger charge is 2.24. The Morgan fingerprint density at radius 2 is 2.00 bits per heavy atom. The molecule has 1 atom stereocenters. The van der Waals surface area contributed by atoms with Crippen molar-refractivity contribution in [1.82, 2.24) is 4.90 Å². The molecular formula is C25H32ClNO4. The topological polar surface area (TPSA) is 48.0 Å². The first-order valence-electron chi connectivity index (χ1n) is 10.7. The van der Waals surface area contributed by atoms with E-state index in [1.807, 2.05) is 57.2 Å². The third kappa shape index (κ3) is 7.23. The van der Waals surface area contributed by atoms with Gasteiger partial charge in [0.1, 0.15) is 18.0 Å². The number of esters is 1. The van der Waals surface area contributed by atoms with Crippen molar-refractivity contribution < 1.29 is 19.0 Å². The largest absolute Gasteiger partial charge is 0.489 e. The van der Waals surface area contributed by atoms with E-state index in [-0.39, 0.29) is 12.1 Å². The van der Waals surface area contributed by atoms with Crippen LogP contribution >= 0.6 is 11.6 Å². The molecule has 2 aromatic rings. The summed E-state index contributed by atoms with van der Waals surface area (Å²) in [6, 6.07) is 13.8. The summed E-state index contributed by atoms with van der Waals surface area (Å²) in [4.78, 5) is 14.3. The number of ether oxygens (including phenoxy) is 3. The van der Waals surface area contributed by atoms with Crippen LogP contribution in [0.3, 0.4) is 0 Å². The number of nitrogens with zero attached hydrogens (tertiary/aromatic N) is 1. The third-order valence-electron chi connectivity index (χ3n) is 5.14. The van der Waals surface area contributed by atoms with Gasteiger partial charge in [-0.2, -0.15) is 0 Å². The van der Waals surface area contributed by atoms with E-state index in [0.717, 1.165) is 35.5 Å². The second-order valence-corrected chi connectivity index (χ2v) is 9.30. The van der Waals surface area contributed by atoms with Crippen LogP contribution in [0.15, 0.2) is 42.5 Å². The van der Waals surface area contributed by atoms with E-state index in [1.54, 1.807) is 0 Å². The summed E-state index contributed by atoms with van der Waals surface area (Å²) in [5.41, 5.74) is 2.78. The third-order valence-corrected chi connectivity index (χ3v) is 5.51. The van der Waals surface area contributed by atoms with Crippen molar-refractivity contribution in [3.05, 3.63) is 64.2 Å². The molecule has 5 nitrogen and oxygen atoms in total. The van der Waals surface area contributed by atoms with E-state index >= 15 is 0 Å². The summed E-state index contributed by atoms with van der Waals surface area (Å²) in [6.45, 7) is 11.1. The van der Waals surface area contributed by atoms with Crippen molar-refractivity contribution in [2.45, 2.75) is 52.4 Å². The van der Waals surface area contributed by atoms with Gasteiger partial charge in [-0.1, -0.05) is 35.9 Å². The highest BCUT2D eigenvalue weighted by Crippen LogP contribution is 2.29. The lowest BCUT2D eigenvalue weighted by Gasteiger charge is -2.33. The summed E-state index contributed by atoms with van der Waals surface area (Å²) in [6.07, 6.45) is 0.364. The quantitative estimate of drug-likeness (QED) is 0.539. The van der Waals surface area contributed by atoms with Gasteiger partial charge < -0.3 is 14.2 Å². The monoisotopic (exact) mass is 445 g/mol. The van der Waals surface area contributed by atoms with Crippen molar-refractivity contribution in [3.8, 4) is 5.75 Å². The zero-order chi connectivity index (χ0) is 22.4. The Morgan fingerprint density at radius 1 is 1.23 bits per heavy atom. The summed E-state index contributed by atoms with van der Waals surface area (Å²) in [5, 5.41) is 0.706. The van der Waals surface area contributed by atoms with Gasteiger partial charge in [0.05, 0.1) is 19.1 Å². The number of morpholine rings is 1. The first-order valence-corrected chi connectivity index (χ1v) is 11.1. The molecule has 0 aromatic heterocycles. The normalized spacial score (nSPS) is 17.4. The Bertz CT molecular complexity index is 893. The van der Waals surface area contributed by atoms with Gasteiger partial charge >= 0.3 is 5.97 Å². The summed E-state index contributed by atoms with van der Waals surface area (Å²) < 4.78 is 17.4. The SMILES string of the molecule is Cc1cc(OCc2ccccc2Cl)ccc1C1CN(CCC(=O)OC(C)(C)C)CCO1. The molecule has 6 heteroatoms. The molecule has 168 valence electrons. The Kier molecular flexibility index (Phi) is 7.98. The Morgan fingerprint density at radius 3 is 2.71 bits per heavy atom. The number of benzene rings is 2. The molecule has 1 aliphatic rings. The lowest BCUT2D eigenvalue weighted by atomic mass is 10.0. The lowest BCUT2D eigenvalue weighted by Crippen LogP contribution is -2.40. The van der Waals surface area contributed by atoms with E-state index < -0.39 is 5.60 Å². The fourth-order valence-corrected chi connectivity index (χ4v) is 3.80. The fourth-order valence-electron chi connectivity index (χ4n) is 3.61. The summed E-state index contributed by atoms with van der Waals surface area (Å²) in [7, 11) is 0. The predicted octanol–water partition coefficient (Wildman–Crippen LogP) is 5.33. The predicted molar refractivity (Wildman–Crippen MR) is 123 cm³/mol. The van der Waals surface area contributed by atoms with Gasteiger partial charge in [-0.05, 0) is 57.0 Å². The van der Waals surface area contributed by atoms with Gasteiger partial charge in [0.2, 0.25) is 0 Å². The molecule has 1 aliphatic heterocycles. The summed E-state index contributed by atoms with van der Waals surface area (Å²) >= 11 is 6.21. The molecule has 0 bridgehead atoms. The average Bonchev–Trinajstić information content (AvgIpc) is 2.71. The average molecular weight is 446 g/mol. The molecule has 1 unspecified atom stereocenters. The summed E-state index contributed by atoms with van der Waals surface area (Å²) in [5.74, 6) is 0.644. The van der Waals surface area contributed by atoms with Gasteiger partial charge in [-0.3, -0.25) is 9.69 Å². The fraction of sp³-hybridized carbons (Fsp3) is 0.480. The molecule has 3 rings (SSSR count).